The first kappa shape index (κ1) is 22.3. The maximum Gasteiger partial charge on any atom is 0.226 e. The third kappa shape index (κ3) is 5.12. The minimum Gasteiger partial charge on any atom is -0.356 e. The van der Waals surface area contributed by atoms with Gasteiger partial charge in [0.05, 0.1) is 5.41 Å². The summed E-state index contributed by atoms with van der Waals surface area (Å²) in [5.41, 5.74) is 3.07. The summed E-state index contributed by atoms with van der Waals surface area (Å²) in [5, 5.41) is 3.07. The van der Waals surface area contributed by atoms with Crippen LogP contribution in [0.2, 0.25) is 0 Å². The van der Waals surface area contributed by atoms with Gasteiger partial charge < -0.3 is 10.2 Å². The summed E-state index contributed by atoms with van der Waals surface area (Å²) in [7, 11) is 0. The van der Waals surface area contributed by atoms with E-state index in [-0.39, 0.29) is 11.8 Å². The number of hydrogen-bond donors (Lipinski definition) is 1. The molecule has 0 unspecified atom stereocenters. The predicted molar refractivity (Wildman–Crippen MR) is 129 cm³/mol. The number of allylic oxidation sites excluding steroid dienone is 2. The Balaban J connectivity index is 1.48. The fourth-order valence-electron chi connectivity index (χ4n) is 5.12. The van der Waals surface area contributed by atoms with Gasteiger partial charge in [-0.05, 0) is 61.6 Å². The Bertz CT molecular complexity index is 958. The van der Waals surface area contributed by atoms with Crippen LogP contribution < -0.4 is 5.32 Å². The Morgan fingerprint density at radius 2 is 1.78 bits per heavy atom. The number of carbonyl (C=O) groups excluding carboxylic acids is 2. The van der Waals surface area contributed by atoms with Crippen molar-refractivity contribution in [3.63, 3.8) is 0 Å². The van der Waals surface area contributed by atoms with Crippen molar-refractivity contribution in [3.8, 4) is 11.1 Å². The zero-order valence-electron chi connectivity index (χ0n) is 19.1. The van der Waals surface area contributed by atoms with Gasteiger partial charge in [0.15, 0.2) is 0 Å². The van der Waals surface area contributed by atoms with E-state index >= 15 is 0 Å². The fourth-order valence-corrected chi connectivity index (χ4v) is 5.12. The fraction of sp³-hybridized carbons (Fsp3) is 0.429. The van der Waals surface area contributed by atoms with Gasteiger partial charge >= 0.3 is 0 Å². The first-order valence-corrected chi connectivity index (χ1v) is 12.0. The highest BCUT2D eigenvalue weighted by Crippen LogP contribution is 2.37. The van der Waals surface area contributed by atoms with E-state index in [0.717, 1.165) is 12.8 Å². The second-order valence-electron chi connectivity index (χ2n) is 9.23. The molecule has 168 valence electrons. The molecule has 0 aromatic heterocycles. The van der Waals surface area contributed by atoms with E-state index in [2.05, 4.69) is 53.9 Å². The molecule has 4 rings (SSSR count). The number of nitrogens with one attached hydrogen (secondary N) is 1. The Kier molecular flexibility index (Phi) is 7.09. The Labute approximate surface area is 191 Å². The normalized spacial score (nSPS) is 19.7. The van der Waals surface area contributed by atoms with Gasteiger partial charge in [-0.25, -0.2) is 0 Å². The minimum absolute atomic E-state index is 0.121. The van der Waals surface area contributed by atoms with Crippen LogP contribution >= 0.6 is 0 Å². The lowest BCUT2D eigenvalue weighted by Crippen LogP contribution is -2.51. The molecule has 0 radical (unpaired) electrons. The van der Waals surface area contributed by atoms with Crippen molar-refractivity contribution in [3.05, 3.63) is 72.3 Å². The van der Waals surface area contributed by atoms with E-state index < -0.39 is 5.41 Å². The Morgan fingerprint density at radius 1 is 1.03 bits per heavy atom. The van der Waals surface area contributed by atoms with Crippen LogP contribution in [0.4, 0.5) is 0 Å². The second-order valence-corrected chi connectivity index (χ2v) is 9.23. The minimum atomic E-state index is -0.463. The van der Waals surface area contributed by atoms with Gasteiger partial charge in [0, 0.05) is 26.1 Å². The van der Waals surface area contributed by atoms with Crippen LogP contribution in [0.25, 0.3) is 11.1 Å². The topological polar surface area (TPSA) is 49.4 Å². The van der Waals surface area contributed by atoms with Crippen molar-refractivity contribution in [2.45, 2.75) is 45.4 Å². The summed E-state index contributed by atoms with van der Waals surface area (Å²) >= 11 is 0. The molecule has 1 aliphatic carbocycles. The monoisotopic (exact) mass is 430 g/mol. The van der Waals surface area contributed by atoms with Crippen molar-refractivity contribution in [2.24, 2.45) is 11.3 Å². The molecule has 1 atom stereocenters. The molecule has 0 bridgehead atoms. The molecule has 1 aliphatic heterocycles. The first-order valence-electron chi connectivity index (χ1n) is 12.0. The zero-order chi connectivity index (χ0) is 22.4. The van der Waals surface area contributed by atoms with Crippen LogP contribution in [0.3, 0.4) is 0 Å². The zero-order valence-corrected chi connectivity index (χ0v) is 19.1. The lowest BCUT2D eigenvalue weighted by Gasteiger charge is -2.41. The molecule has 1 fully saturated rings. The van der Waals surface area contributed by atoms with Crippen molar-refractivity contribution in [2.75, 3.05) is 19.6 Å². The van der Waals surface area contributed by atoms with E-state index in [1.54, 1.807) is 0 Å². The Hall–Kier alpha value is -2.88. The molecule has 0 saturated carbocycles. The molecule has 4 nitrogen and oxygen atoms in total. The maximum atomic E-state index is 13.2. The number of rotatable bonds is 7. The molecule has 2 aromatic carbocycles. The van der Waals surface area contributed by atoms with Gasteiger partial charge in [-0.2, -0.15) is 0 Å². The maximum absolute atomic E-state index is 13.2. The highest BCUT2D eigenvalue weighted by molar-refractivity contribution is 5.84. The van der Waals surface area contributed by atoms with Crippen LogP contribution in [0, 0.1) is 11.3 Å². The largest absolute Gasteiger partial charge is 0.356 e. The third-order valence-corrected chi connectivity index (χ3v) is 7.02. The molecule has 1 heterocycles. The van der Waals surface area contributed by atoms with E-state index in [1.165, 1.54) is 16.7 Å². The highest BCUT2D eigenvalue weighted by atomic mass is 16.2. The number of nitrogens with zero attached hydrogens (tertiary/aromatic N) is 1. The van der Waals surface area contributed by atoms with Crippen LogP contribution in [0.15, 0.2) is 66.7 Å². The second kappa shape index (κ2) is 10.2. The number of piperidine rings is 1. The molecule has 1 saturated heterocycles. The average molecular weight is 431 g/mol. The van der Waals surface area contributed by atoms with Crippen molar-refractivity contribution >= 4 is 11.8 Å². The molecule has 1 N–H and O–H groups in total. The van der Waals surface area contributed by atoms with Crippen LogP contribution in [-0.2, 0) is 16.0 Å². The van der Waals surface area contributed by atoms with E-state index in [4.69, 9.17) is 0 Å². The number of benzene rings is 2. The van der Waals surface area contributed by atoms with Crippen LogP contribution in [-0.4, -0.2) is 36.3 Å². The molecule has 2 amide bonds. The summed E-state index contributed by atoms with van der Waals surface area (Å²) in [6.07, 6.45) is 9.25. The average Bonchev–Trinajstić information content (AvgIpc) is 3.33. The van der Waals surface area contributed by atoms with Crippen LogP contribution in [0.1, 0.15) is 44.6 Å². The van der Waals surface area contributed by atoms with Gasteiger partial charge in [0.1, 0.15) is 0 Å². The SMILES string of the molecule is CCNC(=O)C1(Cc2cccc(-c3ccccc3)c2)CCN(C(=O)C[C@H]2C=CCC2)CC1. The van der Waals surface area contributed by atoms with E-state index in [9.17, 15) is 9.59 Å². The van der Waals surface area contributed by atoms with Gasteiger partial charge in [-0.1, -0.05) is 66.7 Å². The molecule has 2 aromatic rings. The van der Waals surface area contributed by atoms with Crippen molar-refractivity contribution in [1.82, 2.24) is 10.2 Å². The van der Waals surface area contributed by atoms with Crippen LogP contribution in [0.5, 0.6) is 0 Å². The molecule has 32 heavy (non-hydrogen) atoms. The number of likely N-dealkylation sites (tertiary alicyclic amines) is 1. The lowest BCUT2D eigenvalue weighted by atomic mass is 9.72. The standard InChI is InChI=1S/C28H34N2O2/c1-2-29-27(32)28(15-17-30(18-16-28)26(31)20-22-9-6-7-10-22)21-23-11-8-14-25(19-23)24-12-4-3-5-13-24/h3-6,8-9,11-14,19,22H,2,7,10,15-18,20-21H2,1H3,(H,29,32)/t22-/m0/s1. The smallest absolute Gasteiger partial charge is 0.226 e. The summed E-state index contributed by atoms with van der Waals surface area (Å²) < 4.78 is 0. The quantitative estimate of drug-likeness (QED) is 0.629. The van der Waals surface area contributed by atoms with Gasteiger partial charge in [0.2, 0.25) is 11.8 Å². The van der Waals surface area contributed by atoms with Gasteiger partial charge in [-0.15, -0.1) is 0 Å². The molecular weight excluding hydrogens is 396 g/mol. The molecule has 2 aliphatic rings. The van der Waals surface area contributed by atoms with E-state index in [1.807, 2.05) is 30.0 Å². The molecule has 0 spiro atoms. The highest BCUT2D eigenvalue weighted by Gasteiger charge is 2.42. The number of amides is 2. The number of hydrogen-bond acceptors (Lipinski definition) is 2. The summed E-state index contributed by atoms with van der Waals surface area (Å²) in [4.78, 5) is 28.0. The first-order chi connectivity index (χ1) is 15.6. The third-order valence-electron chi connectivity index (χ3n) is 7.02. The molecular formula is C28H34N2O2. The van der Waals surface area contributed by atoms with Gasteiger partial charge in [0.25, 0.3) is 0 Å². The summed E-state index contributed by atoms with van der Waals surface area (Å²) in [5.74, 6) is 0.742. The van der Waals surface area contributed by atoms with Crippen molar-refractivity contribution < 1.29 is 9.59 Å². The summed E-state index contributed by atoms with van der Waals surface area (Å²) in [6, 6.07) is 18.9. The van der Waals surface area contributed by atoms with E-state index in [0.29, 0.717) is 51.2 Å². The van der Waals surface area contributed by atoms with Gasteiger partial charge in [-0.3, -0.25) is 9.59 Å². The summed E-state index contributed by atoms with van der Waals surface area (Å²) in [6.45, 7) is 3.91. The lowest BCUT2D eigenvalue weighted by molar-refractivity contribution is -0.141. The number of carbonyl (C=O) groups is 2. The Morgan fingerprint density at radius 3 is 2.47 bits per heavy atom. The van der Waals surface area contributed by atoms with Crippen molar-refractivity contribution in [1.29, 1.82) is 0 Å². The predicted octanol–water partition coefficient (Wildman–Crippen LogP) is 5.00. The molecule has 4 heteroatoms.